The number of fused-ring (bicyclic) bond motifs is 1. The molecule has 0 spiro atoms. The van der Waals surface area contributed by atoms with Crippen molar-refractivity contribution in [1.29, 1.82) is 0 Å². The lowest BCUT2D eigenvalue weighted by Crippen LogP contribution is -2.38. The van der Waals surface area contributed by atoms with Crippen LogP contribution in [0.5, 0.6) is 0 Å². The minimum atomic E-state index is 0.610. The summed E-state index contributed by atoms with van der Waals surface area (Å²) in [4.78, 5) is 8.42. The van der Waals surface area contributed by atoms with Crippen molar-refractivity contribution >= 4 is 22.1 Å². The molecule has 18 heavy (non-hydrogen) atoms. The summed E-state index contributed by atoms with van der Waals surface area (Å²) >= 11 is 1.71. The van der Waals surface area contributed by atoms with Crippen LogP contribution in [-0.4, -0.2) is 29.0 Å². The quantitative estimate of drug-likeness (QED) is 0.924. The van der Waals surface area contributed by atoms with E-state index in [0.717, 1.165) is 18.1 Å². The maximum absolute atomic E-state index is 4.83. The molecule has 0 saturated carbocycles. The number of thiazole rings is 1. The topological polar surface area (TPSA) is 32.6 Å². The molecule has 3 heterocycles. The van der Waals surface area contributed by atoms with Crippen LogP contribution in [0.15, 0.2) is 11.6 Å². The summed E-state index contributed by atoms with van der Waals surface area (Å²) in [6.07, 6.45) is 6.04. The Morgan fingerprint density at radius 1 is 1.50 bits per heavy atom. The maximum atomic E-state index is 4.83. The molecule has 3 rings (SSSR count). The van der Waals surface area contributed by atoms with E-state index in [-0.39, 0.29) is 0 Å². The van der Waals surface area contributed by atoms with Gasteiger partial charge in [0.05, 0.1) is 5.69 Å². The Morgan fingerprint density at radius 2 is 2.39 bits per heavy atom. The van der Waals surface area contributed by atoms with Gasteiger partial charge in [-0.05, 0) is 33.2 Å². The van der Waals surface area contributed by atoms with Crippen LogP contribution in [-0.2, 0) is 6.54 Å². The fourth-order valence-electron chi connectivity index (χ4n) is 2.80. The van der Waals surface area contributed by atoms with E-state index < -0.39 is 0 Å². The second-order valence-electron chi connectivity index (χ2n) is 5.01. The van der Waals surface area contributed by atoms with Gasteiger partial charge in [-0.3, -0.25) is 4.40 Å². The van der Waals surface area contributed by atoms with Crippen LogP contribution < -0.4 is 10.2 Å². The molecule has 1 saturated heterocycles. The van der Waals surface area contributed by atoms with Gasteiger partial charge in [-0.25, -0.2) is 4.98 Å². The molecule has 2 aromatic heterocycles. The van der Waals surface area contributed by atoms with Crippen molar-refractivity contribution in [2.45, 2.75) is 38.8 Å². The predicted molar refractivity (Wildman–Crippen MR) is 76.5 cm³/mol. The Hall–Kier alpha value is -1.07. The summed E-state index contributed by atoms with van der Waals surface area (Å²) in [5, 5.41) is 5.37. The average Bonchev–Trinajstić information content (AvgIpc) is 2.93. The molecule has 0 bridgehead atoms. The molecule has 98 valence electrons. The first-order valence-corrected chi connectivity index (χ1v) is 7.55. The summed E-state index contributed by atoms with van der Waals surface area (Å²) in [5.74, 6) is 1.18. The predicted octanol–water partition coefficient (Wildman–Crippen LogP) is 2.49. The van der Waals surface area contributed by atoms with E-state index in [0.29, 0.717) is 6.04 Å². The highest BCUT2D eigenvalue weighted by Gasteiger charge is 2.24. The van der Waals surface area contributed by atoms with Crippen molar-refractivity contribution in [2.24, 2.45) is 0 Å². The largest absolute Gasteiger partial charge is 0.352 e. The van der Waals surface area contributed by atoms with E-state index in [9.17, 15) is 0 Å². The summed E-state index contributed by atoms with van der Waals surface area (Å²) in [7, 11) is 2.00. The Bertz CT molecular complexity index is 530. The van der Waals surface area contributed by atoms with Crippen LogP contribution in [0.25, 0.3) is 4.96 Å². The van der Waals surface area contributed by atoms with Crippen LogP contribution in [0.1, 0.15) is 31.9 Å². The summed E-state index contributed by atoms with van der Waals surface area (Å²) in [6, 6.07) is 0.610. The van der Waals surface area contributed by atoms with E-state index in [1.807, 2.05) is 7.05 Å². The Kier molecular flexibility index (Phi) is 3.26. The van der Waals surface area contributed by atoms with E-state index >= 15 is 0 Å². The van der Waals surface area contributed by atoms with Crippen molar-refractivity contribution in [3.8, 4) is 0 Å². The van der Waals surface area contributed by atoms with E-state index in [4.69, 9.17) is 4.98 Å². The molecular weight excluding hydrogens is 244 g/mol. The van der Waals surface area contributed by atoms with E-state index in [1.165, 1.54) is 30.8 Å². The van der Waals surface area contributed by atoms with Crippen LogP contribution in [0.4, 0.5) is 5.82 Å². The third-order valence-electron chi connectivity index (χ3n) is 3.76. The van der Waals surface area contributed by atoms with Gasteiger partial charge in [-0.15, -0.1) is 11.3 Å². The molecule has 1 N–H and O–H groups in total. The summed E-state index contributed by atoms with van der Waals surface area (Å²) < 4.78 is 2.22. The number of nitrogens with zero attached hydrogens (tertiary/aromatic N) is 3. The van der Waals surface area contributed by atoms with Gasteiger partial charge in [0.15, 0.2) is 10.8 Å². The second-order valence-corrected chi connectivity index (χ2v) is 5.88. The normalized spacial score (nSPS) is 20.8. The lowest BCUT2D eigenvalue weighted by atomic mass is 10.0. The third-order valence-corrected chi connectivity index (χ3v) is 4.52. The smallest absolute Gasteiger partial charge is 0.195 e. The molecule has 1 aliphatic rings. The van der Waals surface area contributed by atoms with Crippen LogP contribution in [0.3, 0.4) is 0 Å². The molecule has 1 aliphatic heterocycles. The first kappa shape index (κ1) is 12.0. The molecule has 1 fully saturated rings. The first-order chi connectivity index (χ1) is 8.81. The summed E-state index contributed by atoms with van der Waals surface area (Å²) in [5.41, 5.74) is 1.29. The van der Waals surface area contributed by atoms with Crippen molar-refractivity contribution < 1.29 is 0 Å². The zero-order valence-corrected chi connectivity index (χ0v) is 11.8. The van der Waals surface area contributed by atoms with Crippen molar-refractivity contribution in [3.05, 3.63) is 17.3 Å². The Labute approximate surface area is 112 Å². The Balaban J connectivity index is 2.03. The molecule has 0 amide bonds. The van der Waals surface area contributed by atoms with Gasteiger partial charge in [0.2, 0.25) is 0 Å². The highest BCUT2D eigenvalue weighted by Crippen LogP contribution is 2.29. The lowest BCUT2D eigenvalue weighted by molar-refractivity contribution is 0.480. The number of rotatable bonds is 3. The van der Waals surface area contributed by atoms with Crippen LogP contribution in [0, 0.1) is 0 Å². The van der Waals surface area contributed by atoms with Gasteiger partial charge < -0.3 is 10.2 Å². The zero-order chi connectivity index (χ0) is 12.5. The average molecular weight is 264 g/mol. The molecule has 2 aromatic rings. The number of hydrogen-bond donors (Lipinski definition) is 1. The van der Waals surface area contributed by atoms with E-state index in [2.05, 4.69) is 33.1 Å². The van der Waals surface area contributed by atoms with Crippen molar-refractivity contribution in [3.63, 3.8) is 0 Å². The fraction of sp³-hybridized carbons (Fsp3) is 0.615. The minimum Gasteiger partial charge on any atom is -0.352 e. The van der Waals surface area contributed by atoms with Crippen LogP contribution >= 0.6 is 11.3 Å². The van der Waals surface area contributed by atoms with Gasteiger partial charge in [-0.2, -0.15) is 0 Å². The van der Waals surface area contributed by atoms with Gasteiger partial charge in [0, 0.05) is 30.7 Å². The van der Waals surface area contributed by atoms with Gasteiger partial charge >= 0.3 is 0 Å². The first-order valence-electron chi connectivity index (χ1n) is 6.67. The highest BCUT2D eigenvalue weighted by atomic mass is 32.1. The number of anilines is 1. The maximum Gasteiger partial charge on any atom is 0.195 e. The Morgan fingerprint density at radius 3 is 3.17 bits per heavy atom. The van der Waals surface area contributed by atoms with Crippen molar-refractivity contribution in [1.82, 2.24) is 14.7 Å². The molecular formula is C13H20N4S. The molecule has 0 aliphatic carbocycles. The number of aromatic nitrogens is 2. The number of imidazole rings is 1. The molecule has 1 atom stereocenters. The molecule has 4 nitrogen and oxygen atoms in total. The number of nitrogens with one attached hydrogen (secondary N) is 1. The molecule has 0 radical (unpaired) electrons. The van der Waals surface area contributed by atoms with Gasteiger partial charge in [-0.1, -0.05) is 0 Å². The number of hydrogen-bond acceptors (Lipinski definition) is 4. The third kappa shape index (κ3) is 1.91. The monoisotopic (exact) mass is 264 g/mol. The fourth-order valence-corrected chi connectivity index (χ4v) is 3.52. The van der Waals surface area contributed by atoms with Gasteiger partial charge in [0.25, 0.3) is 0 Å². The van der Waals surface area contributed by atoms with E-state index in [1.54, 1.807) is 11.3 Å². The SMILES string of the molecule is CNCc1c(N2CCCCC2C)nc2sccn12. The molecule has 5 heteroatoms. The second kappa shape index (κ2) is 4.90. The number of piperidine rings is 1. The zero-order valence-electron chi connectivity index (χ0n) is 11.0. The minimum absolute atomic E-state index is 0.610. The molecule has 0 aromatic carbocycles. The van der Waals surface area contributed by atoms with Crippen LogP contribution in [0.2, 0.25) is 0 Å². The van der Waals surface area contributed by atoms with Gasteiger partial charge in [0.1, 0.15) is 0 Å². The highest BCUT2D eigenvalue weighted by molar-refractivity contribution is 7.15. The lowest BCUT2D eigenvalue weighted by Gasteiger charge is -2.34. The summed E-state index contributed by atoms with van der Waals surface area (Å²) in [6.45, 7) is 4.33. The standard InChI is InChI=1S/C13H20N4S/c1-10-5-3-4-6-16(10)12-11(9-14-2)17-7-8-18-13(17)15-12/h7-8,10,14H,3-6,9H2,1-2H3. The molecule has 1 unspecified atom stereocenters. The van der Waals surface area contributed by atoms with Crippen molar-refractivity contribution in [2.75, 3.05) is 18.5 Å².